The molecule has 7 heteroatoms. The molecule has 1 atom stereocenters. The molecule has 1 aromatic rings. The molecule has 1 aromatic carbocycles. The van der Waals surface area contributed by atoms with Gasteiger partial charge in [0.25, 0.3) is 5.91 Å². The van der Waals surface area contributed by atoms with E-state index in [9.17, 15) is 19.5 Å². The van der Waals surface area contributed by atoms with Crippen LogP contribution in [-0.4, -0.2) is 65.9 Å². The molecule has 2 fully saturated rings. The number of ketones is 1. The molecule has 4 rings (SSSR count). The largest absolute Gasteiger partial charge is 0.503 e. The average molecular weight is 398 g/mol. The Labute approximate surface area is 169 Å². The second-order valence-electron chi connectivity index (χ2n) is 7.96. The van der Waals surface area contributed by atoms with E-state index in [0.29, 0.717) is 24.2 Å². The Morgan fingerprint density at radius 3 is 2.34 bits per heavy atom. The van der Waals surface area contributed by atoms with Crippen molar-refractivity contribution in [2.75, 3.05) is 33.3 Å². The first kappa shape index (κ1) is 19.6. The minimum Gasteiger partial charge on any atom is -0.503 e. The molecule has 1 amide bonds. The van der Waals surface area contributed by atoms with E-state index in [4.69, 9.17) is 4.74 Å². The van der Waals surface area contributed by atoms with Gasteiger partial charge in [-0.15, -0.1) is 0 Å². The minimum absolute atomic E-state index is 0.102. The standard InChI is InChI=1S/C22H26N2O5/c1-29-22(28)16-8-4-14(5-9-16)18-17(19(25)15-6-7-15)20(26)21(27)24(18)13-12-23-10-2-3-11-23/h4-5,8-9,15,18,26H,2-3,6-7,10-13H2,1H3. The van der Waals surface area contributed by atoms with Gasteiger partial charge in [0, 0.05) is 19.0 Å². The fourth-order valence-electron chi connectivity index (χ4n) is 4.22. The van der Waals surface area contributed by atoms with Crippen LogP contribution in [0.15, 0.2) is 35.6 Å². The number of likely N-dealkylation sites (tertiary alicyclic amines) is 1. The highest BCUT2D eigenvalue weighted by atomic mass is 16.5. The van der Waals surface area contributed by atoms with Gasteiger partial charge in [-0.25, -0.2) is 4.79 Å². The van der Waals surface area contributed by atoms with Crippen LogP contribution < -0.4 is 0 Å². The molecule has 2 aliphatic heterocycles. The lowest BCUT2D eigenvalue weighted by atomic mass is 9.93. The lowest BCUT2D eigenvalue weighted by molar-refractivity contribution is -0.129. The van der Waals surface area contributed by atoms with Crippen molar-refractivity contribution < 1.29 is 24.2 Å². The molecule has 29 heavy (non-hydrogen) atoms. The molecule has 0 aromatic heterocycles. The SMILES string of the molecule is COC(=O)c1ccc(C2C(C(=O)C3CC3)=C(O)C(=O)N2CCN2CCCC2)cc1. The first-order valence-corrected chi connectivity index (χ1v) is 10.2. The zero-order valence-corrected chi connectivity index (χ0v) is 16.6. The van der Waals surface area contributed by atoms with Gasteiger partial charge >= 0.3 is 5.97 Å². The van der Waals surface area contributed by atoms with Crippen molar-refractivity contribution in [1.29, 1.82) is 0 Å². The van der Waals surface area contributed by atoms with Crippen LogP contribution in [0.25, 0.3) is 0 Å². The molecule has 1 saturated heterocycles. The molecule has 154 valence electrons. The van der Waals surface area contributed by atoms with Crippen LogP contribution in [0.4, 0.5) is 0 Å². The summed E-state index contributed by atoms with van der Waals surface area (Å²) in [5, 5.41) is 10.6. The molecule has 1 aliphatic carbocycles. The van der Waals surface area contributed by atoms with Gasteiger partial charge < -0.3 is 19.6 Å². The number of benzene rings is 1. The van der Waals surface area contributed by atoms with E-state index >= 15 is 0 Å². The number of nitrogens with zero attached hydrogens (tertiary/aromatic N) is 2. The summed E-state index contributed by atoms with van der Waals surface area (Å²) in [6, 6.07) is 6.08. The first-order chi connectivity index (χ1) is 14.0. The third-order valence-corrected chi connectivity index (χ3v) is 6.02. The number of hydrogen-bond donors (Lipinski definition) is 1. The van der Waals surface area contributed by atoms with Crippen molar-refractivity contribution in [3.63, 3.8) is 0 Å². The van der Waals surface area contributed by atoms with Gasteiger partial charge in [0.1, 0.15) is 0 Å². The van der Waals surface area contributed by atoms with Crippen LogP contribution in [0, 0.1) is 5.92 Å². The number of amides is 1. The average Bonchev–Trinajstić information content (AvgIpc) is 3.41. The van der Waals surface area contributed by atoms with E-state index in [1.165, 1.54) is 7.11 Å². The second kappa shape index (κ2) is 7.99. The van der Waals surface area contributed by atoms with E-state index in [2.05, 4.69) is 4.90 Å². The number of hydrogen-bond acceptors (Lipinski definition) is 6. The summed E-state index contributed by atoms with van der Waals surface area (Å²) in [6.07, 6.45) is 3.90. The number of carbonyl (C=O) groups is 3. The maximum Gasteiger partial charge on any atom is 0.337 e. The maximum atomic E-state index is 12.9. The molecule has 0 spiro atoms. The summed E-state index contributed by atoms with van der Waals surface area (Å²) in [5.41, 5.74) is 1.30. The quantitative estimate of drug-likeness (QED) is 0.709. The summed E-state index contributed by atoms with van der Waals surface area (Å²) in [5.74, 6) is -1.60. The molecule has 1 unspecified atom stereocenters. The highest BCUT2D eigenvalue weighted by Gasteiger charge is 2.46. The highest BCUT2D eigenvalue weighted by Crippen LogP contribution is 2.43. The number of methoxy groups -OCH3 is 1. The topological polar surface area (TPSA) is 87.2 Å². The number of aliphatic hydroxyl groups is 1. The van der Waals surface area contributed by atoms with E-state index in [0.717, 1.165) is 38.8 Å². The van der Waals surface area contributed by atoms with Crippen molar-refractivity contribution in [2.45, 2.75) is 31.7 Å². The van der Waals surface area contributed by atoms with Crippen LogP contribution in [0.1, 0.15) is 47.6 Å². The Morgan fingerprint density at radius 2 is 1.76 bits per heavy atom. The number of rotatable bonds is 7. The van der Waals surface area contributed by atoms with Gasteiger partial charge in [0.05, 0.1) is 24.3 Å². The summed E-state index contributed by atoms with van der Waals surface area (Å²) in [6.45, 7) is 3.16. The lowest BCUT2D eigenvalue weighted by Gasteiger charge is -2.28. The Hall–Kier alpha value is -2.67. The van der Waals surface area contributed by atoms with E-state index in [1.807, 2.05) is 0 Å². The summed E-state index contributed by atoms with van der Waals surface area (Å²) >= 11 is 0. The van der Waals surface area contributed by atoms with Gasteiger partial charge in [0.2, 0.25) is 0 Å². The van der Waals surface area contributed by atoms with Crippen LogP contribution >= 0.6 is 0 Å². The molecule has 0 bridgehead atoms. The Kier molecular flexibility index (Phi) is 5.41. The third-order valence-electron chi connectivity index (χ3n) is 6.02. The molecule has 7 nitrogen and oxygen atoms in total. The minimum atomic E-state index is -0.620. The van der Waals surface area contributed by atoms with Gasteiger partial charge in [-0.3, -0.25) is 9.59 Å². The Morgan fingerprint density at radius 1 is 1.10 bits per heavy atom. The maximum absolute atomic E-state index is 12.9. The zero-order valence-electron chi connectivity index (χ0n) is 16.6. The van der Waals surface area contributed by atoms with Crippen LogP contribution in [-0.2, 0) is 14.3 Å². The monoisotopic (exact) mass is 398 g/mol. The molecule has 3 aliphatic rings. The summed E-state index contributed by atoms with van der Waals surface area (Å²) in [7, 11) is 1.32. The third kappa shape index (κ3) is 3.79. The van der Waals surface area contributed by atoms with Crippen molar-refractivity contribution in [3.8, 4) is 0 Å². The fourth-order valence-corrected chi connectivity index (χ4v) is 4.22. The van der Waals surface area contributed by atoms with Crippen molar-refractivity contribution in [2.24, 2.45) is 5.92 Å². The van der Waals surface area contributed by atoms with Crippen LogP contribution in [0.2, 0.25) is 0 Å². The van der Waals surface area contributed by atoms with Crippen molar-refractivity contribution >= 4 is 17.7 Å². The summed E-state index contributed by atoms with van der Waals surface area (Å²) < 4.78 is 4.74. The first-order valence-electron chi connectivity index (χ1n) is 10.2. The number of Topliss-reactive ketones (excluding diaryl/α,β-unsaturated/α-hetero) is 1. The number of carbonyl (C=O) groups excluding carboxylic acids is 3. The van der Waals surface area contributed by atoms with Gasteiger partial charge in [-0.05, 0) is 56.5 Å². The molecular weight excluding hydrogens is 372 g/mol. The van der Waals surface area contributed by atoms with E-state index in [-0.39, 0.29) is 17.3 Å². The number of ether oxygens (including phenoxy) is 1. The van der Waals surface area contributed by atoms with E-state index < -0.39 is 23.7 Å². The fraction of sp³-hybridized carbons (Fsp3) is 0.500. The number of esters is 1. The van der Waals surface area contributed by atoms with Gasteiger partial charge in [0.15, 0.2) is 11.5 Å². The molecular formula is C22H26N2O5. The predicted octanol–water partition coefficient (Wildman–Crippen LogP) is 2.24. The van der Waals surface area contributed by atoms with Crippen LogP contribution in [0.5, 0.6) is 0 Å². The summed E-state index contributed by atoms with van der Waals surface area (Å²) in [4.78, 5) is 41.4. The smallest absolute Gasteiger partial charge is 0.337 e. The molecule has 1 saturated carbocycles. The highest BCUT2D eigenvalue weighted by molar-refractivity contribution is 6.10. The van der Waals surface area contributed by atoms with E-state index in [1.54, 1.807) is 29.2 Å². The lowest BCUT2D eigenvalue weighted by Crippen LogP contribution is -2.38. The Balaban J connectivity index is 1.64. The van der Waals surface area contributed by atoms with Crippen LogP contribution in [0.3, 0.4) is 0 Å². The molecule has 1 N–H and O–H groups in total. The van der Waals surface area contributed by atoms with Crippen molar-refractivity contribution in [3.05, 3.63) is 46.7 Å². The second-order valence-corrected chi connectivity index (χ2v) is 7.96. The Bertz CT molecular complexity index is 850. The molecule has 2 heterocycles. The predicted molar refractivity (Wildman–Crippen MR) is 105 cm³/mol. The van der Waals surface area contributed by atoms with Crippen molar-refractivity contribution in [1.82, 2.24) is 9.80 Å². The van der Waals surface area contributed by atoms with Gasteiger partial charge in [-0.1, -0.05) is 12.1 Å². The normalized spacial score (nSPS) is 22.4. The molecule has 0 radical (unpaired) electrons. The van der Waals surface area contributed by atoms with Gasteiger partial charge in [-0.2, -0.15) is 0 Å². The number of aliphatic hydroxyl groups excluding tert-OH is 1. The zero-order chi connectivity index (χ0) is 20.5.